The molecule has 3 aromatic rings. The van der Waals surface area contributed by atoms with Crippen molar-refractivity contribution in [2.45, 2.75) is 13.0 Å². The summed E-state index contributed by atoms with van der Waals surface area (Å²) in [6.45, 7) is 1.70. The predicted octanol–water partition coefficient (Wildman–Crippen LogP) is 3.28. The number of nitrogens with zero attached hydrogens (tertiary/aromatic N) is 4. The highest BCUT2D eigenvalue weighted by Gasteiger charge is 2.34. The monoisotopic (exact) mass is 410 g/mol. The highest BCUT2D eigenvalue weighted by Crippen LogP contribution is 2.37. The van der Waals surface area contributed by atoms with Crippen LogP contribution < -0.4 is 11.1 Å². The van der Waals surface area contributed by atoms with Crippen LogP contribution in [0, 0.1) is 10.1 Å². The number of benzene rings is 2. The Morgan fingerprint density at radius 1 is 1.28 bits per heavy atom. The lowest BCUT2D eigenvalue weighted by molar-refractivity contribution is -0.384. The molecular weight excluding hydrogens is 396 g/mol. The summed E-state index contributed by atoms with van der Waals surface area (Å²) < 4.78 is 1.50. The number of anilines is 1. The van der Waals surface area contributed by atoms with Gasteiger partial charge in [-0.3, -0.25) is 14.9 Å². The summed E-state index contributed by atoms with van der Waals surface area (Å²) in [4.78, 5) is 27.4. The van der Waals surface area contributed by atoms with Crippen molar-refractivity contribution >= 4 is 29.1 Å². The van der Waals surface area contributed by atoms with Gasteiger partial charge in [0.2, 0.25) is 11.9 Å². The van der Waals surface area contributed by atoms with E-state index in [2.05, 4.69) is 15.4 Å². The molecule has 1 amide bonds. The normalized spacial score (nSPS) is 15.6. The number of halogens is 1. The first-order valence-electron chi connectivity index (χ1n) is 8.59. The highest BCUT2D eigenvalue weighted by atomic mass is 35.5. The van der Waals surface area contributed by atoms with Crippen LogP contribution in [0.2, 0.25) is 5.02 Å². The van der Waals surface area contributed by atoms with Gasteiger partial charge >= 0.3 is 0 Å². The topological polar surface area (TPSA) is 129 Å². The molecule has 1 aliphatic rings. The van der Waals surface area contributed by atoms with Crippen molar-refractivity contribution < 1.29 is 9.72 Å². The van der Waals surface area contributed by atoms with Crippen LogP contribution in [-0.2, 0) is 4.79 Å². The first kappa shape index (κ1) is 18.6. The molecule has 1 unspecified atom stereocenters. The van der Waals surface area contributed by atoms with Gasteiger partial charge in [0.05, 0.1) is 10.5 Å². The lowest BCUT2D eigenvalue weighted by Crippen LogP contribution is -2.31. The summed E-state index contributed by atoms with van der Waals surface area (Å²) in [6, 6.07) is 12.3. The zero-order valence-corrected chi connectivity index (χ0v) is 15.9. The molecule has 0 bridgehead atoms. The number of carbonyl (C=O) groups excluding carboxylic acids is 1. The first-order valence-corrected chi connectivity index (χ1v) is 8.97. The molecule has 2 aromatic carbocycles. The van der Waals surface area contributed by atoms with E-state index in [0.29, 0.717) is 33.6 Å². The molecule has 0 saturated carbocycles. The summed E-state index contributed by atoms with van der Waals surface area (Å²) >= 11 is 6.07. The Hall–Kier alpha value is -3.72. The van der Waals surface area contributed by atoms with Crippen molar-refractivity contribution in [3.05, 3.63) is 80.5 Å². The second kappa shape index (κ2) is 7.02. The average molecular weight is 411 g/mol. The molecule has 2 heterocycles. The van der Waals surface area contributed by atoms with Gasteiger partial charge in [0.15, 0.2) is 5.82 Å². The van der Waals surface area contributed by atoms with Gasteiger partial charge < -0.3 is 11.1 Å². The highest BCUT2D eigenvalue weighted by molar-refractivity contribution is 6.30. The molecule has 0 spiro atoms. The summed E-state index contributed by atoms with van der Waals surface area (Å²) in [7, 11) is 0. The van der Waals surface area contributed by atoms with E-state index in [9.17, 15) is 14.9 Å². The Labute approximate surface area is 170 Å². The molecule has 1 atom stereocenters. The van der Waals surface area contributed by atoms with E-state index in [1.165, 1.54) is 16.8 Å². The van der Waals surface area contributed by atoms with E-state index in [0.717, 1.165) is 0 Å². The standard InChI is InChI=1S/C19H15ClN6O3/c1-10-15(17(21)27)16(11-4-3-7-14(9-11)26(28)29)25-19(22-10)23-18(24-25)12-5-2-6-13(20)8-12/h2-9,16H,1H3,(H2,21,27)(H,22,23,24). The smallest absolute Gasteiger partial charge is 0.269 e. The van der Waals surface area contributed by atoms with E-state index >= 15 is 0 Å². The van der Waals surface area contributed by atoms with Crippen molar-refractivity contribution in [2.24, 2.45) is 5.73 Å². The summed E-state index contributed by atoms with van der Waals surface area (Å²) in [5.41, 5.74) is 7.48. The number of fused-ring (bicyclic) bond motifs is 1. The van der Waals surface area contributed by atoms with Crippen LogP contribution in [0.25, 0.3) is 11.4 Å². The van der Waals surface area contributed by atoms with Crippen LogP contribution >= 0.6 is 11.6 Å². The average Bonchev–Trinajstić information content (AvgIpc) is 3.10. The Morgan fingerprint density at radius 3 is 2.72 bits per heavy atom. The zero-order chi connectivity index (χ0) is 20.7. The molecule has 0 aliphatic carbocycles. The molecule has 0 fully saturated rings. The first-order chi connectivity index (χ1) is 13.8. The van der Waals surface area contributed by atoms with E-state index in [1.54, 1.807) is 37.3 Å². The number of non-ortho nitro benzene ring substituents is 1. The van der Waals surface area contributed by atoms with Gasteiger partial charge in [-0.25, -0.2) is 4.68 Å². The summed E-state index contributed by atoms with van der Waals surface area (Å²) in [5.74, 6) is 0.125. The van der Waals surface area contributed by atoms with Crippen molar-refractivity contribution in [1.82, 2.24) is 14.8 Å². The van der Waals surface area contributed by atoms with Gasteiger partial charge in [-0.2, -0.15) is 4.98 Å². The largest absolute Gasteiger partial charge is 0.366 e. The minimum Gasteiger partial charge on any atom is -0.366 e. The number of nitro groups is 1. The van der Waals surface area contributed by atoms with E-state index < -0.39 is 16.9 Å². The molecule has 0 saturated heterocycles. The number of nitrogens with one attached hydrogen (secondary N) is 1. The number of primary amides is 1. The van der Waals surface area contributed by atoms with Crippen molar-refractivity contribution in [3.63, 3.8) is 0 Å². The lowest BCUT2D eigenvalue weighted by Gasteiger charge is -2.27. The van der Waals surface area contributed by atoms with Crippen LogP contribution in [0.15, 0.2) is 59.8 Å². The Morgan fingerprint density at radius 2 is 2.03 bits per heavy atom. The second-order valence-electron chi connectivity index (χ2n) is 6.50. The third-order valence-corrected chi connectivity index (χ3v) is 4.83. The number of allylic oxidation sites excluding steroid dienone is 1. The Balaban J connectivity index is 1.90. The quantitative estimate of drug-likeness (QED) is 0.501. The molecular formula is C19H15ClN6O3. The van der Waals surface area contributed by atoms with Crippen LogP contribution in [-0.4, -0.2) is 25.6 Å². The van der Waals surface area contributed by atoms with E-state index in [4.69, 9.17) is 17.3 Å². The molecule has 1 aliphatic heterocycles. The predicted molar refractivity (Wildman–Crippen MR) is 107 cm³/mol. The number of carbonyl (C=O) groups is 1. The fourth-order valence-corrected chi connectivity index (χ4v) is 3.53. The fraction of sp³-hybridized carbons (Fsp3) is 0.105. The van der Waals surface area contributed by atoms with Gasteiger partial charge in [0, 0.05) is 28.4 Å². The van der Waals surface area contributed by atoms with Crippen LogP contribution in [0.5, 0.6) is 0 Å². The third-order valence-electron chi connectivity index (χ3n) is 4.60. The van der Waals surface area contributed by atoms with E-state index in [1.807, 2.05) is 6.07 Å². The number of rotatable bonds is 4. The van der Waals surface area contributed by atoms with Crippen LogP contribution in [0.3, 0.4) is 0 Å². The van der Waals surface area contributed by atoms with Crippen LogP contribution in [0.4, 0.5) is 11.6 Å². The minimum atomic E-state index is -0.760. The maximum atomic E-state index is 12.2. The molecule has 0 radical (unpaired) electrons. The molecule has 1 aromatic heterocycles. The van der Waals surface area contributed by atoms with Crippen LogP contribution in [0.1, 0.15) is 18.5 Å². The van der Waals surface area contributed by atoms with Gasteiger partial charge in [0.25, 0.3) is 5.69 Å². The maximum Gasteiger partial charge on any atom is 0.269 e. The molecule has 3 N–H and O–H groups in total. The third kappa shape index (κ3) is 3.32. The van der Waals surface area contributed by atoms with E-state index in [-0.39, 0.29) is 11.3 Å². The van der Waals surface area contributed by atoms with Crippen molar-refractivity contribution in [2.75, 3.05) is 5.32 Å². The lowest BCUT2D eigenvalue weighted by atomic mass is 9.95. The molecule has 146 valence electrons. The Kier molecular flexibility index (Phi) is 4.51. The van der Waals surface area contributed by atoms with Crippen molar-refractivity contribution in [3.8, 4) is 11.4 Å². The Bertz CT molecular complexity index is 1190. The number of amides is 1. The number of nitro benzene ring substituents is 1. The van der Waals surface area contributed by atoms with Gasteiger partial charge in [-0.05, 0) is 24.6 Å². The number of nitrogens with two attached hydrogens (primary N) is 1. The SMILES string of the molecule is CC1=C(C(N)=O)C(c2cccc([N+](=O)[O-])c2)n2nc(-c3cccc(Cl)c3)nc2N1. The second-order valence-corrected chi connectivity index (χ2v) is 6.93. The molecule has 4 rings (SSSR count). The fourth-order valence-electron chi connectivity index (χ4n) is 3.34. The number of aromatic nitrogens is 3. The zero-order valence-electron chi connectivity index (χ0n) is 15.2. The molecule has 10 heteroatoms. The summed E-state index contributed by atoms with van der Waals surface area (Å²) in [6.07, 6.45) is 0. The van der Waals surface area contributed by atoms with Gasteiger partial charge in [0.1, 0.15) is 6.04 Å². The maximum absolute atomic E-state index is 12.2. The molecule has 9 nitrogen and oxygen atoms in total. The number of hydrogen-bond acceptors (Lipinski definition) is 6. The van der Waals surface area contributed by atoms with Crippen molar-refractivity contribution in [1.29, 1.82) is 0 Å². The summed E-state index contributed by atoms with van der Waals surface area (Å²) in [5, 5.41) is 19.3. The number of hydrogen-bond donors (Lipinski definition) is 2. The molecule has 29 heavy (non-hydrogen) atoms. The van der Waals surface area contributed by atoms with Gasteiger partial charge in [-0.1, -0.05) is 35.9 Å². The van der Waals surface area contributed by atoms with Gasteiger partial charge in [-0.15, -0.1) is 5.10 Å². The minimum absolute atomic E-state index is 0.0979.